The molecule has 4 rings (SSSR count). The van der Waals surface area contributed by atoms with Crippen LogP contribution >= 0.6 is 11.6 Å². The molecule has 138 valence electrons. The molecule has 1 N–H and O–H groups in total. The van der Waals surface area contributed by atoms with Crippen molar-refractivity contribution in [2.45, 2.75) is 6.61 Å². The first-order valence-electron chi connectivity index (χ1n) is 8.82. The second kappa shape index (κ2) is 8.11. The summed E-state index contributed by atoms with van der Waals surface area (Å²) in [7, 11) is 0. The summed E-state index contributed by atoms with van der Waals surface area (Å²) in [6.45, 7) is 0.388. The summed E-state index contributed by atoms with van der Waals surface area (Å²) in [5, 5.41) is 0.681. The third-order valence-electron chi connectivity index (χ3n) is 4.27. The van der Waals surface area contributed by atoms with E-state index in [-0.39, 0.29) is 5.56 Å². The van der Waals surface area contributed by atoms with Crippen molar-refractivity contribution in [3.8, 4) is 5.75 Å². The summed E-state index contributed by atoms with van der Waals surface area (Å²) in [5.74, 6) is 0.724. The first-order valence-corrected chi connectivity index (χ1v) is 9.20. The van der Waals surface area contributed by atoms with Crippen molar-refractivity contribution in [2.75, 3.05) is 0 Å². The number of H-pyrrole nitrogens is 1. The fourth-order valence-corrected chi connectivity index (χ4v) is 3.01. The van der Waals surface area contributed by atoms with Gasteiger partial charge in [-0.2, -0.15) is 0 Å². The number of para-hydroxylation sites is 2. The highest BCUT2D eigenvalue weighted by Gasteiger charge is 2.03. The molecule has 3 aromatic carbocycles. The molecule has 0 fully saturated rings. The van der Waals surface area contributed by atoms with Gasteiger partial charge in [-0.05, 0) is 42.0 Å². The van der Waals surface area contributed by atoms with Gasteiger partial charge in [0.25, 0.3) is 5.56 Å². The van der Waals surface area contributed by atoms with Crippen LogP contribution in [0, 0.1) is 0 Å². The van der Waals surface area contributed by atoms with E-state index in [1.807, 2.05) is 78.9 Å². The number of fused-ring (bicyclic) bond motifs is 1. The molecule has 28 heavy (non-hydrogen) atoms. The van der Waals surface area contributed by atoms with Crippen LogP contribution in [-0.4, -0.2) is 9.97 Å². The highest BCUT2D eigenvalue weighted by atomic mass is 35.5. The SMILES string of the molecule is O=c1[nH]c2ccccc2nc1/C=C/c1cccc(OCc2ccccc2Cl)c1. The predicted molar refractivity (Wildman–Crippen MR) is 114 cm³/mol. The lowest BCUT2D eigenvalue weighted by Crippen LogP contribution is -2.11. The Morgan fingerprint density at radius 1 is 0.964 bits per heavy atom. The van der Waals surface area contributed by atoms with Crippen LogP contribution in [0.2, 0.25) is 5.02 Å². The predicted octanol–water partition coefficient (Wildman–Crippen LogP) is 5.33. The van der Waals surface area contributed by atoms with Crippen LogP contribution in [0.1, 0.15) is 16.8 Å². The quantitative estimate of drug-likeness (QED) is 0.503. The second-order valence-electron chi connectivity index (χ2n) is 6.25. The molecule has 0 aliphatic heterocycles. The van der Waals surface area contributed by atoms with Crippen molar-refractivity contribution in [3.05, 3.63) is 105 Å². The van der Waals surface area contributed by atoms with Crippen LogP contribution in [-0.2, 0) is 6.61 Å². The molecular formula is C23H17ClN2O2. The fourth-order valence-electron chi connectivity index (χ4n) is 2.82. The molecule has 0 radical (unpaired) electrons. The Morgan fingerprint density at radius 3 is 2.68 bits per heavy atom. The van der Waals surface area contributed by atoms with Crippen molar-refractivity contribution >= 4 is 34.8 Å². The topological polar surface area (TPSA) is 55.0 Å². The van der Waals surface area contributed by atoms with E-state index < -0.39 is 0 Å². The number of halogens is 1. The molecular weight excluding hydrogens is 372 g/mol. The smallest absolute Gasteiger partial charge is 0.274 e. The van der Waals surface area contributed by atoms with Crippen LogP contribution in [0.15, 0.2) is 77.6 Å². The second-order valence-corrected chi connectivity index (χ2v) is 6.66. The number of nitrogens with zero attached hydrogens (tertiary/aromatic N) is 1. The number of hydrogen-bond donors (Lipinski definition) is 1. The Labute approximate surface area is 167 Å². The minimum absolute atomic E-state index is 0.221. The van der Waals surface area contributed by atoms with E-state index >= 15 is 0 Å². The zero-order chi connectivity index (χ0) is 19.3. The summed E-state index contributed by atoms with van der Waals surface area (Å²) in [4.78, 5) is 19.5. The molecule has 0 unspecified atom stereocenters. The van der Waals surface area contributed by atoms with Gasteiger partial charge in [0.2, 0.25) is 0 Å². The maximum Gasteiger partial charge on any atom is 0.274 e. The average Bonchev–Trinajstić information content (AvgIpc) is 2.72. The van der Waals surface area contributed by atoms with Gasteiger partial charge in [-0.1, -0.05) is 60.1 Å². The summed E-state index contributed by atoms with van der Waals surface area (Å²) in [6, 6.07) is 22.7. The van der Waals surface area contributed by atoms with Crippen molar-refractivity contribution in [3.63, 3.8) is 0 Å². The van der Waals surface area contributed by atoms with Gasteiger partial charge in [-0.15, -0.1) is 0 Å². The first-order chi connectivity index (χ1) is 13.7. The molecule has 1 heterocycles. The third-order valence-corrected chi connectivity index (χ3v) is 4.64. The first kappa shape index (κ1) is 18.0. The van der Waals surface area contributed by atoms with Gasteiger partial charge in [0.1, 0.15) is 18.1 Å². The molecule has 0 aliphatic rings. The normalized spacial score (nSPS) is 11.2. The summed E-state index contributed by atoms with van der Waals surface area (Å²) in [6.07, 6.45) is 3.55. The Kier molecular flexibility index (Phi) is 5.22. The van der Waals surface area contributed by atoms with E-state index in [0.29, 0.717) is 17.3 Å². The number of aromatic nitrogens is 2. The summed E-state index contributed by atoms with van der Waals surface area (Å²) < 4.78 is 5.85. The number of benzene rings is 3. The fraction of sp³-hybridized carbons (Fsp3) is 0.0435. The van der Waals surface area contributed by atoms with Crippen molar-refractivity contribution in [1.29, 1.82) is 0 Å². The van der Waals surface area contributed by atoms with E-state index in [1.165, 1.54) is 0 Å². The Morgan fingerprint density at radius 2 is 1.79 bits per heavy atom. The minimum atomic E-state index is -0.221. The molecule has 0 aliphatic carbocycles. The zero-order valence-corrected chi connectivity index (χ0v) is 15.7. The number of hydrogen-bond acceptors (Lipinski definition) is 3. The van der Waals surface area contributed by atoms with Crippen LogP contribution in [0.5, 0.6) is 5.75 Å². The standard InChI is InChI=1S/C23H17ClN2O2/c24-19-9-2-1-7-17(19)15-28-18-8-5-6-16(14-18)12-13-22-23(27)26-21-11-4-3-10-20(21)25-22/h1-14H,15H2,(H,26,27)/b13-12+. The van der Waals surface area contributed by atoms with E-state index in [4.69, 9.17) is 16.3 Å². The Hall–Kier alpha value is -3.37. The highest BCUT2D eigenvalue weighted by molar-refractivity contribution is 6.31. The van der Waals surface area contributed by atoms with E-state index in [2.05, 4.69) is 9.97 Å². The Balaban J connectivity index is 1.52. The molecule has 0 saturated carbocycles. The van der Waals surface area contributed by atoms with Gasteiger partial charge in [0.15, 0.2) is 0 Å². The minimum Gasteiger partial charge on any atom is -0.489 e. The maximum atomic E-state index is 12.2. The number of aromatic amines is 1. The summed E-state index contributed by atoms with van der Waals surface area (Å²) in [5.41, 5.74) is 3.45. The Bertz CT molecular complexity index is 1210. The lowest BCUT2D eigenvalue weighted by atomic mass is 10.2. The average molecular weight is 389 g/mol. The van der Waals surface area contributed by atoms with Gasteiger partial charge in [0, 0.05) is 10.6 Å². The van der Waals surface area contributed by atoms with E-state index in [0.717, 1.165) is 27.9 Å². The van der Waals surface area contributed by atoms with E-state index in [9.17, 15) is 4.79 Å². The molecule has 4 nitrogen and oxygen atoms in total. The number of nitrogens with one attached hydrogen (secondary N) is 1. The van der Waals surface area contributed by atoms with Crippen molar-refractivity contribution < 1.29 is 4.74 Å². The highest BCUT2D eigenvalue weighted by Crippen LogP contribution is 2.20. The zero-order valence-electron chi connectivity index (χ0n) is 14.9. The van der Waals surface area contributed by atoms with Crippen LogP contribution in [0.4, 0.5) is 0 Å². The molecule has 4 aromatic rings. The molecule has 0 spiro atoms. The third kappa shape index (κ3) is 4.13. The van der Waals surface area contributed by atoms with Gasteiger partial charge in [-0.25, -0.2) is 4.98 Å². The number of rotatable bonds is 5. The molecule has 0 saturated heterocycles. The maximum absolute atomic E-state index is 12.2. The van der Waals surface area contributed by atoms with Gasteiger partial charge < -0.3 is 9.72 Å². The van der Waals surface area contributed by atoms with Crippen LogP contribution < -0.4 is 10.3 Å². The summed E-state index contributed by atoms with van der Waals surface area (Å²) >= 11 is 6.16. The van der Waals surface area contributed by atoms with E-state index in [1.54, 1.807) is 6.08 Å². The van der Waals surface area contributed by atoms with Gasteiger partial charge >= 0.3 is 0 Å². The van der Waals surface area contributed by atoms with Gasteiger partial charge in [0.05, 0.1) is 11.0 Å². The largest absolute Gasteiger partial charge is 0.489 e. The monoisotopic (exact) mass is 388 g/mol. The number of ether oxygens (including phenoxy) is 1. The van der Waals surface area contributed by atoms with Crippen molar-refractivity contribution in [1.82, 2.24) is 9.97 Å². The lowest BCUT2D eigenvalue weighted by Gasteiger charge is -2.08. The van der Waals surface area contributed by atoms with Crippen molar-refractivity contribution in [2.24, 2.45) is 0 Å². The molecule has 0 amide bonds. The molecule has 0 bridgehead atoms. The molecule has 5 heteroatoms. The van der Waals surface area contributed by atoms with Gasteiger partial charge in [-0.3, -0.25) is 4.79 Å². The van der Waals surface area contributed by atoms with Crippen LogP contribution in [0.3, 0.4) is 0 Å². The lowest BCUT2D eigenvalue weighted by molar-refractivity contribution is 0.306. The molecule has 0 atom stereocenters. The van der Waals surface area contributed by atoms with Crippen LogP contribution in [0.25, 0.3) is 23.2 Å². The molecule has 1 aromatic heterocycles.